The Morgan fingerprint density at radius 2 is 2.06 bits per heavy atom. The summed E-state index contributed by atoms with van der Waals surface area (Å²) in [5.74, 6) is 0.826. The number of hydrogen-bond acceptors (Lipinski definition) is 5. The molecule has 2 aliphatic heterocycles. The van der Waals surface area contributed by atoms with Crippen molar-refractivity contribution in [3.63, 3.8) is 0 Å². The van der Waals surface area contributed by atoms with Gasteiger partial charge in [-0.2, -0.15) is 5.10 Å². The highest BCUT2D eigenvalue weighted by Gasteiger charge is 2.29. The fourth-order valence-electron chi connectivity index (χ4n) is 4.83. The SMILES string of the molecule is CC(NC(=O)c1nn(CCO)c2c1CN(Cc1ccc3c(c1)CCO3)CC2)c1ccccc1. The molecule has 7 nitrogen and oxygen atoms in total. The van der Waals surface area contributed by atoms with Crippen molar-refractivity contribution in [2.24, 2.45) is 0 Å². The van der Waals surface area contributed by atoms with Crippen molar-refractivity contribution in [3.8, 4) is 5.75 Å². The summed E-state index contributed by atoms with van der Waals surface area (Å²) in [6.07, 6.45) is 1.77. The monoisotopic (exact) mass is 446 g/mol. The molecule has 1 atom stereocenters. The van der Waals surface area contributed by atoms with Gasteiger partial charge in [0.05, 0.1) is 25.8 Å². The second-order valence-electron chi connectivity index (χ2n) is 8.83. The number of nitrogens with zero attached hydrogens (tertiary/aromatic N) is 3. The van der Waals surface area contributed by atoms with Crippen LogP contribution >= 0.6 is 0 Å². The molecule has 3 aromatic rings. The average Bonchev–Trinajstić information content (AvgIpc) is 3.44. The van der Waals surface area contributed by atoms with E-state index >= 15 is 0 Å². The number of amides is 1. The zero-order valence-electron chi connectivity index (χ0n) is 19.0. The number of hydrogen-bond donors (Lipinski definition) is 2. The molecule has 0 fully saturated rings. The second kappa shape index (κ2) is 9.37. The van der Waals surface area contributed by atoms with Crippen molar-refractivity contribution in [1.29, 1.82) is 0 Å². The zero-order chi connectivity index (χ0) is 22.8. The van der Waals surface area contributed by atoms with E-state index in [1.54, 1.807) is 0 Å². The molecule has 2 aromatic carbocycles. The lowest BCUT2D eigenvalue weighted by Crippen LogP contribution is -2.33. The van der Waals surface area contributed by atoms with Gasteiger partial charge < -0.3 is 15.2 Å². The summed E-state index contributed by atoms with van der Waals surface area (Å²) < 4.78 is 7.44. The smallest absolute Gasteiger partial charge is 0.272 e. The first-order valence-corrected chi connectivity index (χ1v) is 11.6. The number of aliphatic hydroxyl groups excluding tert-OH is 1. The van der Waals surface area contributed by atoms with E-state index in [0.717, 1.165) is 55.1 Å². The van der Waals surface area contributed by atoms with Crippen LogP contribution in [0.5, 0.6) is 5.75 Å². The Balaban J connectivity index is 1.35. The maximum Gasteiger partial charge on any atom is 0.272 e. The number of rotatable bonds is 7. The Labute approximate surface area is 194 Å². The van der Waals surface area contributed by atoms with Crippen LogP contribution in [-0.4, -0.2) is 45.5 Å². The lowest BCUT2D eigenvalue weighted by molar-refractivity contribution is 0.0931. The summed E-state index contributed by atoms with van der Waals surface area (Å²) in [5.41, 5.74) is 6.08. The Morgan fingerprint density at radius 3 is 2.88 bits per heavy atom. The minimum Gasteiger partial charge on any atom is -0.493 e. The summed E-state index contributed by atoms with van der Waals surface area (Å²) >= 11 is 0. The van der Waals surface area contributed by atoms with Crippen LogP contribution < -0.4 is 10.1 Å². The van der Waals surface area contributed by atoms with Crippen molar-refractivity contribution >= 4 is 5.91 Å². The molecular formula is C26H30N4O3. The Bertz CT molecular complexity index is 1140. The third kappa shape index (κ3) is 4.51. The molecular weight excluding hydrogens is 416 g/mol. The molecule has 0 bridgehead atoms. The van der Waals surface area contributed by atoms with Gasteiger partial charge in [0.2, 0.25) is 0 Å². The van der Waals surface area contributed by atoms with E-state index in [0.29, 0.717) is 18.8 Å². The van der Waals surface area contributed by atoms with Gasteiger partial charge in [-0.05, 0) is 29.7 Å². The van der Waals surface area contributed by atoms with Crippen LogP contribution in [0, 0.1) is 0 Å². The molecule has 0 aliphatic carbocycles. The summed E-state index contributed by atoms with van der Waals surface area (Å²) in [6.45, 7) is 5.50. The molecule has 172 valence electrons. The third-order valence-electron chi connectivity index (χ3n) is 6.55. The van der Waals surface area contributed by atoms with Gasteiger partial charge in [-0.25, -0.2) is 0 Å². The van der Waals surface area contributed by atoms with Gasteiger partial charge in [-0.1, -0.05) is 42.5 Å². The van der Waals surface area contributed by atoms with E-state index in [2.05, 4.69) is 33.5 Å². The number of carbonyl (C=O) groups excluding carboxylic acids is 1. The first-order valence-electron chi connectivity index (χ1n) is 11.6. The number of fused-ring (bicyclic) bond motifs is 2. The largest absolute Gasteiger partial charge is 0.493 e. The molecule has 2 aliphatic rings. The first-order chi connectivity index (χ1) is 16.1. The zero-order valence-corrected chi connectivity index (χ0v) is 19.0. The number of nitrogens with one attached hydrogen (secondary N) is 1. The van der Waals surface area contributed by atoms with Gasteiger partial charge in [-0.3, -0.25) is 14.4 Å². The van der Waals surface area contributed by atoms with Crippen LogP contribution in [0.25, 0.3) is 0 Å². The fraction of sp³-hybridized carbons (Fsp3) is 0.385. The average molecular weight is 447 g/mol. The predicted octanol–water partition coefficient (Wildman–Crippen LogP) is 2.86. The number of ether oxygens (including phenoxy) is 1. The summed E-state index contributed by atoms with van der Waals surface area (Å²) in [4.78, 5) is 15.6. The summed E-state index contributed by atoms with van der Waals surface area (Å²) in [6, 6.07) is 16.2. The van der Waals surface area contributed by atoms with E-state index in [-0.39, 0.29) is 18.6 Å². The standard InChI is InChI=1S/C26H30N4O3/c1-18(20-5-3-2-4-6-20)27-26(32)25-22-17-29(11-9-23(22)30(28-25)12-13-31)16-19-7-8-24-21(15-19)10-14-33-24/h2-8,15,18,31H,9-14,16-17H2,1H3,(H,27,32). The molecule has 7 heteroatoms. The fourth-order valence-corrected chi connectivity index (χ4v) is 4.83. The minimum absolute atomic E-state index is 0.00346. The Kier molecular flexibility index (Phi) is 6.15. The minimum atomic E-state index is -0.171. The van der Waals surface area contributed by atoms with Crippen molar-refractivity contribution in [3.05, 3.63) is 82.2 Å². The Hall–Kier alpha value is -3.16. The molecule has 0 saturated carbocycles. The Morgan fingerprint density at radius 1 is 1.21 bits per heavy atom. The van der Waals surface area contributed by atoms with E-state index in [1.165, 1.54) is 11.1 Å². The van der Waals surface area contributed by atoms with Gasteiger partial charge >= 0.3 is 0 Å². The maximum absolute atomic E-state index is 13.2. The van der Waals surface area contributed by atoms with Crippen molar-refractivity contribution in [2.45, 2.75) is 45.4 Å². The molecule has 1 amide bonds. The molecule has 3 heterocycles. The quantitative estimate of drug-likeness (QED) is 0.584. The van der Waals surface area contributed by atoms with Gasteiger partial charge in [0.15, 0.2) is 5.69 Å². The lowest BCUT2D eigenvalue weighted by atomic mass is 10.0. The summed E-state index contributed by atoms with van der Waals surface area (Å²) in [5, 5.41) is 17.2. The normalized spacial score (nSPS) is 16.1. The van der Waals surface area contributed by atoms with Gasteiger partial charge in [0.1, 0.15) is 5.75 Å². The van der Waals surface area contributed by atoms with Crippen LogP contribution in [0.15, 0.2) is 48.5 Å². The van der Waals surface area contributed by atoms with Crippen molar-refractivity contribution in [1.82, 2.24) is 20.0 Å². The van der Waals surface area contributed by atoms with Gasteiger partial charge in [0.25, 0.3) is 5.91 Å². The molecule has 0 saturated heterocycles. The predicted molar refractivity (Wildman–Crippen MR) is 125 cm³/mol. The van der Waals surface area contributed by atoms with Gasteiger partial charge in [-0.15, -0.1) is 0 Å². The molecule has 0 spiro atoms. The van der Waals surface area contributed by atoms with Crippen molar-refractivity contribution < 1.29 is 14.6 Å². The number of aromatic nitrogens is 2. The van der Waals surface area contributed by atoms with Crippen LogP contribution in [0.3, 0.4) is 0 Å². The van der Waals surface area contributed by atoms with E-state index in [1.807, 2.05) is 41.9 Å². The highest BCUT2D eigenvalue weighted by Crippen LogP contribution is 2.28. The molecule has 5 rings (SSSR count). The third-order valence-corrected chi connectivity index (χ3v) is 6.55. The molecule has 2 N–H and O–H groups in total. The van der Waals surface area contributed by atoms with Crippen molar-refractivity contribution in [2.75, 3.05) is 19.8 Å². The molecule has 1 aromatic heterocycles. The number of benzene rings is 2. The molecule has 33 heavy (non-hydrogen) atoms. The molecule has 1 unspecified atom stereocenters. The van der Waals surface area contributed by atoms with E-state index < -0.39 is 0 Å². The van der Waals surface area contributed by atoms with Crippen LogP contribution in [0.4, 0.5) is 0 Å². The van der Waals surface area contributed by atoms with Crippen LogP contribution in [0.1, 0.15) is 51.4 Å². The number of aliphatic hydroxyl groups is 1. The van der Waals surface area contributed by atoms with Crippen LogP contribution in [-0.2, 0) is 32.5 Å². The topological polar surface area (TPSA) is 79.6 Å². The second-order valence-corrected chi connectivity index (χ2v) is 8.83. The number of carbonyl (C=O) groups is 1. The highest BCUT2D eigenvalue weighted by molar-refractivity contribution is 5.94. The van der Waals surface area contributed by atoms with Crippen LogP contribution in [0.2, 0.25) is 0 Å². The lowest BCUT2D eigenvalue weighted by Gasteiger charge is -2.28. The first kappa shape index (κ1) is 21.7. The maximum atomic E-state index is 13.2. The summed E-state index contributed by atoms with van der Waals surface area (Å²) in [7, 11) is 0. The van der Waals surface area contributed by atoms with E-state index in [9.17, 15) is 9.90 Å². The van der Waals surface area contributed by atoms with Gasteiger partial charge in [0, 0.05) is 43.7 Å². The van der Waals surface area contributed by atoms with E-state index in [4.69, 9.17) is 4.74 Å². The molecule has 0 radical (unpaired) electrons. The highest BCUT2D eigenvalue weighted by atomic mass is 16.5.